The smallest absolute Gasteiger partial charge is 0.270 e. The zero-order valence-electron chi connectivity index (χ0n) is 13.1. The van der Waals surface area contributed by atoms with Gasteiger partial charge in [0.05, 0.1) is 17.7 Å². The Morgan fingerprint density at radius 2 is 2.00 bits per heavy atom. The van der Waals surface area contributed by atoms with Crippen molar-refractivity contribution in [3.63, 3.8) is 0 Å². The molecule has 0 saturated carbocycles. The number of thiocarbonyl (C=S) groups is 1. The Balaban J connectivity index is 1.96. The van der Waals surface area contributed by atoms with Gasteiger partial charge in [0.15, 0.2) is 15.8 Å². The third-order valence-electron chi connectivity index (χ3n) is 3.65. The molecule has 1 aliphatic heterocycles. The number of hydrogen-bond donors (Lipinski definition) is 1. The van der Waals surface area contributed by atoms with Gasteiger partial charge in [-0.1, -0.05) is 48.2 Å². The number of benzene rings is 2. The SMILES string of the molecule is COc1cc(/C=C2/SC(=S)N(c3ccccc3C)C2=O)ccc1O. The highest BCUT2D eigenvalue weighted by Crippen LogP contribution is 2.38. The molecule has 24 heavy (non-hydrogen) atoms. The number of carbonyl (C=O) groups excluding carboxylic acids is 1. The minimum absolute atomic E-state index is 0.0575. The number of methoxy groups -OCH3 is 1. The summed E-state index contributed by atoms with van der Waals surface area (Å²) in [4.78, 5) is 14.9. The first-order valence-electron chi connectivity index (χ1n) is 7.22. The molecule has 0 bridgehead atoms. The molecule has 6 heteroatoms. The van der Waals surface area contributed by atoms with E-state index in [1.807, 2.05) is 31.2 Å². The van der Waals surface area contributed by atoms with E-state index >= 15 is 0 Å². The number of aromatic hydroxyl groups is 1. The Bertz CT molecular complexity index is 861. The monoisotopic (exact) mass is 357 g/mol. The summed E-state index contributed by atoms with van der Waals surface area (Å²) < 4.78 is 5.60. The quantitative estimate of drug-likeness (QED) is 0.662. The first-order chi connectivity index (χ1) is 11.5. The molecule has 2 aromatic carbocycles. The average Bonchev–Trinajstić information content (AvgIpc) is 2.84. The highest BCUT2D eigenvalue weighted by atomic mass is 32.2. The van der Waals surface area contributed by atoms with Crippen LogP contribution < -0.4 is 9.64 Å². The number of anilines is 1. The van der Waals surface area contributed by atoms with E-state index in [0.717, 1.165) is 16.8 Å². The summed E-state index contributed by atoms with van der Waals surface area (Å²) in [7, 11) is 1.48. The Morgan fingerprint density at radius 3 is 2.71 bits per heavy atom. The number of amides is 1. The van der Waals surface area contributed by atoms with Gasteiger partial charge in [-0.3, -0.25) is 9.69 Å². The molecule has 2 aromatic rings. The van der Waals surface area contributed by atoms with Crippen LogP contribution in [0.25, 0.3) is 6.08 Å². The molecule has 3 rings (SSSR count). The maximum Gasteiger partial charge on any atom is 0.270 e. The summed E-state index contributed by atoms with van der Waals surface area (Å²) in [5, 5.41) is 9.66. The average molecular weight is 357 g/mol. The largest absolute Gasteiger partial charge is 0.504 e. The molecule has 122 valence electrons. The summed E-state index contributed by atoms with van der Waals surface area (Å²) in [5.41, 5.74) is 2.54. The van der Waals surface area contributed by atoms with Crippen molar-refractivity contribution in [1.82, 2.24) is 0 Å². The number of rotatable bonds is 3. The van der Waals surface area contributed by atoms with Crippen molar-refractivity contribution in [1.29, 1.82) is 0 Å². The van der Waals surface area contributed by atoms with E-state index in [-0.39, 0.29) is 11.7 Å². The maximum absolute atomic E-state index is 12.8. The summed E-state index contributed by atoms with van der Waals surface area (Å²) in [5.74, 6) is 0.270. The third kappa shape index (κ3) is 3.02. The van der Waals surface area contributed by atoms with Gasteiger partial charge >= 0.3 is 0 Å². The molecule has 1 N–H and O–H groups in total. The van der Waals surface area contributed by atoms with Gasteiger partial charge in [0.25, 0.3) is 5.91 Å². The Hall–Kier alpha value is -2.31. The number of phenols is 1. The number of para-hydroxylation sites is 1. The Kier molecular flexibility index (Phi) is 4.59. The highest BCUT2D eigenvalue weighted by molar-refractivity contribution is 8.27. The zero-order chi connectivity index (χ0) is 17.3. The first kappa shape index (κ1) is 16.5. The van der Waals surface area contributed by atoms with E-state index in [1.54, 1.807) is 23.1 Å². The molecule has 0 spiro atoms. The second-order valence-corrected chi connectivity index (χ2v) is 6.91. The minimum atomic E-state index is -0.147. The molecule has 0 aliphatic carbocycles. The number of aryl methyl sites for hydroxylation is 1. The van der Waals surface area contributed by atoms with Gasteiger partial charge in [-0.25, -0.2) is 0 Å². The van der Waals surface area contributed by atoms with Crippen molar-refractivity contribution in [3.05, 3.63) is 58.5 Å². The van der Waals surface area contributed by atoms with Crippen LogP contribution in [-0.2, 0) is 4.79 Å². The van der Waals surface area contributed by atoms with E-state index in [2.05, 4.69) is 0 Å². The van der Waals surface area contributed by atoms with Gasteiger partial charge < -0.3 is 9.84 Å². The van der Waals surface area contributed by atoms with Crippen molar-refractivity contribution in [2.45, 2.75) is 6.92 Å². The van der Waals surface area contributed by atoms with Crippen LogP contribution in [0.4, 0.5) is 5.69 Å². The van der Waals surface area contributed by atoms with E-state index in [9.17, 15) is 9.90 Å². The molecule has 4 nitrogen and oxygen atoms in total. The van der Waals surface area contributed by atoms with Crippen LogP contribution in [0.2, 0.25) is 0 Å². The van der Waals surface area contributed by atoms with Crippen LogP contribution in [-0.4, -0.2) is 22.4 Å². The fourth-order valence-electron chi connectivity index (χ4n) is 2.43. The van der Waals surface area contributed by atoms with Gasteiger partial charge in [-0.05, 0) is 42.3 Å². The normalized spacial score (nSPS) is 16.1. The molecule has 0 atom stereocenters. The lowest BCUT2D eigenvalue weighted by molar-refractivity contribution is -0.113. The van der Waals surface area contributed by atoms with Gasteiger partial charge in [0.1, 0.15) is 0 Å². The van der Waals surface area contributed by atoms with Crippen LogP contribution in [0.3, 0.4) is 0 Å². The molecule has 1 amide bonds. The predicted molar refractivity (Wildman–Crippen MR) is 101 cm³/mol. The van der Waals surface area contributed by atoms with Crippen molar-refractivity contribution in [2.75, 3.05) is 12.0 Å². The first-order valence-corrected chi connectivity index (χ1v) is 8.44. The molecule has 1 saturated heterocycles. The Labute approximate surface area is 149 Å². The standard InChI is InChI=1S/C18H15NO3S2/c1-11-5-3-4-6-13(11)19-17(21)16(24-18(19)23)10-12-7-8-14(20)15(9-12)22-2/h3-10,20H,1-2H3/b16-10+. The summed E-state index contributed by atoms with van der Waals surface area (Å²) in [6.45, 7) is 1.95. The van der Waals surface area contributed by atoms with Gasteiger partial charge in [0, 0.05) is 0 Å². The van der Waals surface area contributed by atoms with Crippen LogP contribution in [0, 0.1) is 6.92 Å². The second-order valence-electron chi connectivity index (χ2n) is 5.23. The summed E-state index contributed by atoms with van der Waals surface area (Å²) >= 11 is 6.65. The number of ether oxygens (including phenoxy) is 1. The number of nitrogens with zero attached hydrogens (tertiary/aromatic N) is 1. The second kappa shape index (κ2) is 6.67. The summed E-state index contributed by atoms with van der Waals surface area (Å²) in [6, 6.07) is 12.6. The van der Waals surface area contributed by atoms with E-state index < -0.39 is 0 Å². The molecule has 0 radical (unpaired) electrons. The molecular weight excluding hydrogens is 342 g/mol. The number of thioether (sulfide) groups is 1. The molecule has 1 aliphatic rings. The molecular formula is C18H15NO3S2. The molecule has 1 fully saturated rings. The summed E-state index contributed by atoms with van der Waals surface area (Å²) in [6.07, 6.45) is 1.75. The number of carbonyl (C=O) groups is 1. The van der Waals surface area contributed by atoms with Gasteiger partial charge in [0.2, 0.25) is 0 Å². The van der Waals surface area contributed by atoms with Crippen LogP contribution in [0.1, 0.15) is 11.1 Å². The van der Waals surface area contributed by atoms with E-state index in [4.69, 9.17) is 17.0 Å². The predicted octanol–water partition coefficient (Wildman–Crippen LogP) is 4.12. The topological polar surface area (TPSA) is 49.8 Å². The lowest BCUT2D eigenvalue weighted by Gasteiger charge is -2.16. The molecule has 0 aromatic heterocycles. The number of phenolic OH excluding ortho intramolecular Hbond substituents is 1. The number of hydrogen-bond acceptors (Lipinski definition) is 5. The molecule has 0 unspecified atom stereocenters. The van der Waals surface area contributed by atoms with Crippen molar-refractivity contribution < 1.29 is 14.6 Å². The highest BCUT2D eigenvalue weighted by Gasteiger charge is 2.33. The molecule has 1 heterocycles. The van der Waals surface area contributed by atoms with Crippen molar-refractivity contribution >= 4 is 46.0 Å². The minimum Gasteiger partial charge on any atom is -0.504 e. The van der Waals surface area contributed by atoms with Gasteiger partial charge in [-0.2, -0.15) is 0 Å². The lowest BCUT2D eigenvalue weighted by Crippen LogP contribution is -2.28. The zero-order valence-corrected chi connectivity index (χ0v) is 14.8. The van der Waals surface area contributed by atoms with Crippen molar-refractivity contribution in [3.8, 4) is 11.5 Å². The van der Waals surface area contributed by atoms with Crippen molar-refractivity contribution in [2.24, 2.45) is 0 Å². The fourth-order valence-corrected chi connectivity index (χ4v) is 3.71. The lowest BCUT2D eigenvalue weighted by atomic mass is 10.1. The van der Waals surface area contributed by atoms with E-state index in [1.165, 1.54) is 24.9 Å². The fraction of sp³-hybridized carbons (Fsp3) is 0.111. The van der Waals surface area contributed by atoms with Crippen LogP contribution in [0.5, 0.6) is 11.5 Å². The third-order valence-corrected chi connectivity index (χ3v) is 4.95. The van der Waals surface area contributed by atoms with Crippen LogP contribution in [0.15, 0.2) is 47.4 Å². The maximum atomic E-state index is 12.8. The van der Waals surface area contributed by atoms with E-state index in [0.29, 0.717) is 15.0 Å². The Morgan fingerprint density at radius 1 is 1.25 bits per heavy atom. The van der Waals surface area contributed by atoms with Crippen LogP contribution >= 0.6 is 24.0 Å². The van der Waals surface area contributed by atoms with Gasteiger partial charge in [-0.15, -0.1) is 0 Å².